The first kappa shape index (κ1) is 20.6. The van der Waals surface area contributed by atoms with Gasteiger partial charge in [0.1, 0.15) is 29.7 Å². The second kappa shape index (κ2) is 8.50. The smallest absolute Gasteiger partial charge is 0.310 e. The molecule has 3 rings (SSSR count). The van der Waals surface area contributed by atoms with E-state index >= 15 is 0 Å². The molecule has 28 heavy (non-hydrogen) atoms. The van der Waals surface area contributed by atoms with Crippen LogP contribution in [0, 0.1) is 28.6 Å². The molecule has 0 aliphatic heterocycles. The highest BCUT2D eigenvalue weighted by atomic mass is 79.9. The molecule has 2 aromatic carbocycles. The largest absolute Gasteiger partial charge is 0.461 e. The third kappa shape index (κ3) is 4.48. The van der Waals surface area contributed by atoms with E-state index in [1.54, 1.807) is 18.2 Å². The van der Waals surface area contributed by atoms with Crippen LogP contribution in [0.2, 0.25) is 0 Å². The molecular weight excluding hydrogens is 486 g/mol. The van der Waals surface area contributed by atoms with Crippen molar-refractivity contribution in [2.75, 3.05) is 0 Å². The summed E-state index contributed by atoms with van der Waals surface area (Å²) in [7, 11) is 0. The summed E-state index contributed by atoms with van der Waals surface area (Å²) in [6, 6.07) is 16.7. The Morgan fingerprint density at radius 2 is 1.89 bits per heavy atom. The zero-order valence-corrected chi connectivity index (χ0v) is 18.7. The van der Waals surface area contributed by atoms with Gasteiger partial charge in [0.15, 0.2) is 0 Å². The molecule has 2 aromatic rings. The maximum absolute atomic E-state index is 12.6. The predicted molar refractivity (Wildman–Crippen MR) is 114 cm³/mol. The van der Waals surface area contributed by atoms with Gasteiger partial charge in [-0.3, -0.25) is 4.79 Å². The van der Waals surface area contributed by atoms with Gasteiger partial charge in [0.25, 0.3) is 0 Å². The number of esters is 1. The summed E-state index contributed by atoms with van der Waals surface area (Å²) in [6.07, 6.45) is 1.97. The van der Waals surface area contributed by atoms with Gasteiger partial charge in [-0.25, -0.2) is 0 Å². The molecular formula is C22H19Br2NO3. The van der Waals surface area contributed by atoms with Crippen molar-refractivity contribution >= 4 is 37.8 Å². The van der Waals surface area contributed by atoms with E-state index in [0.29, 0.717) is 22.6 Å². The molecule has 0 spiro atoms. The molecule has 1 saturated carbocycles. The van der Waals surface area contributed by atoms with Gasteiger partial charge in [0, 0.05) is 5.56 Å². The fourth-order valence-electron chi connectivity index (χ4n) is 3.34. The Bertz CT molecular complexity index is 944. The molecule has 144 valence electrons. The van der Waals surface area contributed by atoms with Crippen molar-refractivity contribution in [3.63, 3.8) is 0 Å². The zero-order chi connectivity index (χ0) is 20.3. The maximum atomic E-state index is 12.6. The average molecular weight is 505 g/mol. The van der Waals surface area contributed by atoms with Crippen LogP contribution in [-0.4, -0.2) is 5.97 Å². The Hall–Kier alpha value is -2.10. The monoisotopic (exact) mass is 503 g/mol. The summed E-state index contributed by atoms with van der Waals surface area (Å²) in [5, 5.41) is 9.60. The average Bonchev–Trinajstić information content (AvgIpc) is 3.19. The summed E-state index contributed by atoms with van der Waals surface area (Å²) in [6.45, 7) is 4.11. The van der Waals surface area contributed by atoms with Gasteiger partial charge in [-0.05, 0) is 61.4 Å². The van der Waals surface area contributed by atoms with E-state index in [0.717, 1.165) is 3.39 Å². The highest BCUT2D eigenvalue weighted by molar-refractivity contribution is 9.28. The summed E-state index contributed by atoms with van der Waals surface area (Å²) < 4.78 is 12.2. The van der Waals surface area contributed by atoms with Crippen LogP contribution >= 0.6 is 31.9 Å². The minimum absolute atomic E-state index is 0.0339. The van der Waals surface area contributed by atoms with Gasteiger partial charge in [-0.15, -0.1) is 0 Å². The van der Waals surface area contributed by atoms with E-state index in [4.69, 9.17) is 9.47 Å². The second-order valence-electron chi connectivity index (χ2n) is 7.21. The second-order valence-corrected chi connectivity index (χ2v) is 9.98. The number of para-hydroxylation sites is 1. The van der Waals surface area contributed by atoms with Crippen LogP contribution in [0.1, 0.15) is 25.0 Å². The molecule has 2 atom stereocenters. The molecule has 1 aliphatic carbocycles. The van der Waals surface area contributed by atoms with Crippen molar-refractivity contribution in [1.29, 1.82) is 5.26 Å². The van der Waals surface area contributed by atoms with Crippen molar-refractivity contribution in [3.8, 4) is 17.6 Å². The number of nitriles is 1. The molecule has 0 amide bonds. The first-order chi connectivity index (χ1) is 13.3. The molecule has 0 radical (unpaired) electrons. The topological polar surface area (TPSA) is 59.3 Å². The van der Waals surface area contributed by atoms with Gasteiger partial charge in [-0.1, -0.05) is 50.3 Å². The van der Waals surface area contributed by atoms with E-state index in [-0.39, 0.29) is 29.8 Å². The fraction of sp³-hybridized carbons (Fsp3) is 0.273. The van der Waals surface area contributed by atoms with Crippen LogP contribution < -0.4 is 4.74 Å². The number of nitrogens with zero attached hydrogens (tertiary/aromatic N) is 1. The maximum Gasteiger partial charge on any atom is 0.310 e. The lowest BCUT2D eigenvalue weighted by Gasteiger charge is -2.11. The van der Waals surface area contributed by atoms with Crippen molar-refractivity contribution in [2.45, 2.75) is 20.5 Å². The molecule has 6 heteroatoms. The number of hydrogen-bond acceptors (Lipinski definition) is 4. The number of ether oxygens (including phenoxy) is 2. The lowest BCUT2D eigenvalue weighted by atomic mass is 10.1. The fourth-order valence-corrected chi connectivity index (χ4v) is 3.91. The number of rotatable bonds is 6. The van der Waals surface area contributed by atoms with Crippen molar-refractivity contribution in [2.24, 2.45) is 17.3 Å². The SMILES string of the molecule is CC1(C)C(C=C(Br)Br)C1C(=O)OCc1cccc(Oc2ccccc2)c1C#N. The third-order valence-electron chi connectivity index (χ3n) is 5.04. The van der Waals surface area contributed by atoms with Crippen molar-refractivity contribution in [3.05, 3.63) is 69.1 Å². The number of carbonyl (C=O) groups excluding carboxylic acids is 1. The van der Waals surface area contributed by atoms with Gasteiger partial charge < -0.3 is 9.47 Å². The number of allylic oxidation sites excluding steroid dienone is 1. The minimum Gasteiger partial charge on any atom is -0.461 e. The van der Waals surface area contributed by atoms with Crippen LogP contribution in [0.15, 0.2) is 58.0 Å². The van der Waals surface area contributed by atoms with Crippen LogP contribution in [-0.2, 0) is 16.1 Å². The van der Waals surface area contributed by atoms with Crippen LogP contribution in [0.4, 0.5) is 0 Å². The van der Waals surface area contributed by atoms with Crippen LogP contribution in [0.5, 0.6) is 11.5 Å². The predicted octanol–water partition coefficient (Wildman–Crippen LogP) is 6.30. The molecule has 0 bridgehead atoms. The Morgan fingerprint density at radius 3 is 2.54 bits per heavy atom. The lowest BCUT2D eigenvalue weighted by molar-refractivity contribution is -0.147. The van der Waals surface area contributed by atoms with Crippen LogP contribution in [0.25, 0.3) is 0 Å². The van der Waals surface area contributed by atoms with Crippen molar-refractivity contribution in [1.82, 2.24) is 0 Å². The van der Waals surface area contributed by atoms with E-state index in [1.165, 1.54) is 0 Å². The Morgan fingerprint density at radius 1 is 1.18 bits per heavy atom. The summed E-state index contributed by atoms with van der Waals surface area (Å²) in [5.41, 5.74) is 0.838. The molecule has 4 nitrogen and oxygen atoms in total. The van der Waals surface area contributed by atoms with E-state index in [2.05, 4.69) is 37.9 Å². The normalized spacial score (nSPS) is 19.2. The highest BCUT2D eigenvalue weighted by Gasteiger charge is 2.61. The number of hydrogen-bond donors (Lipinski definition) is 0. The molecule has 0 aromatic heterocycles. The zero-order valence-electron chi connectivity index (χ0n) is 15.5. The molecule has 0 saturated heterocycles. The van der Waals surface area contributed by atoms with Gasteiger partial charge in [-0.2, -0.15) is 5.26 Å². The van der Waals surface area contributed by atoms with Crippen molar-refractivity contribution < 1.29 is 14.3 Å². The molecule has 1 aliphatic rings. The summed E-state index contributed by atoms with van der Waals surface area (Å²) in [4.78, 5) is 12.6. The van der Waals surface area contributed by atoms with Crippen LogP contribution in [0.3, 0.4) is 0 Å². The van der Waals surface area contributed by atoms with E-state index in [9.17, 15) is 10.1 Å². The van der Waals surface area contributed by atoms with Gasteiger partial charge in [0.2, 0.25) is 0 Å². The first-order valence-corrected chi connectivity index (χ1v) is 10.4. The number of halogens is 2. The van der Waals surface area contributed by atoms with E-state index < -0.39 is 0 Å². The Kier molecular flexibility index (Phi) is 6.26. The van der Waals surface area contributed by atoms with Gasteiger partial charge >= 0.3 is 5.97 Å². The minimum atomic E-state index is -0.259. The van der Waals surface area contributed by atoms with Gasteiger partial charge in [0.05, 0.1) is 9.31 Å². The number of carbonyl (C=O) groups is 1. The Balaban J connectivity index is 1.71. The van der Waals surface area contributed by atoms with E-state index in [1.807, 2.05) is 50.3 Å². The molecule has 1 fully saturated rings. The summed E-state index contributed by atoms with van der Waals surface area (Å²) >= 11 is 6.70. The quantitative estimate of drug-likeness (QED) is 0.433. The molecule has 0 heterocycles. The molecule has 0 N–H and O–H groups in total. The first-order valence-electron chi connectivity index (χ1n) is 8.79. The number of benzene rings is 2. The Labute approximate surface area is 181 Å². The lowest BCUT2D eigenvalue weighted by Crippen LogP contribution is -2.11. The highest BCUT2D eigenvalue weighted by Crippen LogP contribution is 2.60. The summed E-state index contributed by atoms with van der Waals surface area (Å²) in [5.74, 6) is 0.732. The third-order valence-corrected chi connectivity index (χ3v) is 5.56. The standard InChI is InChI=1S/C22H19Br2NO3/c1-22(2)17(11-19(23)24)20(22)21(26)27-13-14-7-6-10-18(16(14)12-25)28-15-8-4-3-5-9-15/h3-11,17,20H,13H2,1-2H3. The molecule has 2 unspecified atom stereocenters.